The van der Waals surface area contributed by atoms with Crippen LogP contribution >= 0.6 is 0 Å². The van der Waals surface area contributed by atoms with Crippen LogP contribution < -0.4 is 10.6 Å². The standard InChI is InChI=1S/C11H21N5O2/c1-8(2)13-11(18)9(3)12-6-10-7-16(4-5-17)15-14-10/h7-9,12,17H,4-6H2,1-3H3,(H,13,18). The lowest BCUT2D eigenvalue weighted by Crippen LogP contribution is -2.44. The van der Waals surface area contributed by atoms with Gasteiger partial charge < -0.3 is 15.7 Å². The average Bonchev–Trinajstić information content (AvgIpc) is 2.73. The van der Waals surface area contributed by atoms with Gasteiger partial charge in [-0.1, -0.05) is 5.21 Å². The molecule has 0 saturated carbocycles. The van der Waals surface area contributed by atoms with E-state index < -0.39 is 0 Å². The van der Waals surface area contributed by atoms with Gasteiger partial charge in [-0.3, -0.25) is 4.79 Å². The van der Waals surface area contributed by atoms with Gasteiger partial charge in [0.05, 0.1) is 24.9 Å². The van der Waals surface area contributed by atoms with Crippen LogP contribution in [0.4, 0.5) is 0 Å². The molecule has 0 aliphatic rings. The van der Waals surface area contributed by atoms with Gasteiger partial charge in [-0.05, 0) is 20.8 Å². The molecule has 0 radical (unpaired) electrons. The molecule has 0 aliphatic heterocycles. The zero-order chi connectivity index (χ0) is 13.5. The lowest BCUT2D eigenvalue weighted by atomic mass is 10.2. The van der Waals surface area contributed by atoms with E-state index in [9.17, 15) is 4.79 Å². The summed E-state index contributed by atoms with van der Waals surface area (Å²) in [7, 11) is 0. The smallest absolute Gasteiger partial charge is 0.237 e. The highest BCUT2D eigenvalue weighted by atomic mass is 16.3. The van der Waals surface area contributed by atoms with E-state index in [2.05, 4.69) is 20.9 Å². The third-order valence-electron chi connectivity index (χ3n) is 2.33. The second-order valence-corrected chi connectivity index (χ2v) is 4.46. The predicted molar refractivity (Wildman–Crippen MR) is 66.7 cm³/mol. The molecule has 1 aromatic heterocycles. The summed E-state index contributed by atoms with van der Waals surface area (Å²) in [6, 6.07) is -0.150. The van der Waals surface area contributed by atoms with Gasteiger partial charge in [0, 0.05) is 18.8 Å². The highest BCUT2D eigenvalue weighted by molar-refractivity contribution is 5.81. The number of carbonyl (C=O) groups is 1. The summed E-state index contributed by atoms with van der Waals surface area (Å²) in [5.41, 5.74) is 0.743. The van der Waals surface area contributed by atoms with E-state index in [-0.39, 0.29) is 24.6 Å². The Bertz CT molecular complexity index is 377. The Kier molecular flexibility index (Phi) is 5.73. The second-order valence-electron chi connectivity index (χ2n) is 4.46. The van der Waals surface area contributed by atoms with Crippen molar-refractivity contribution in [1.82, 2.24) is 25.6 Å². The van der Waals surface area contributed by atoms with E-state index in [1.54, 1.807) is 17.8 Å². The Labute approximate surface area is 107 Å². The Morgan fingerprint density at radius 3 is 2.83 bits per heavy atom. The van der Waals surface area contributed by atoms with Crippen LogP contribution in [-0.2, 0) is 17.9 Å². The minimum atomic E-state index is -0.282. The first-order chi connectivity index (χ1) is 8.52. The van der Waals surface area contributed by atoms with Crippen molar-refractivity contribution in [2.75, 3.05) is 6.61 Å². The lowest BCUT2D eigenvalue weighted by Gasteiger charge is -2.15. The maximum absolute atomic E-state index is 11.6. The number of aliphatic hydroxyl groups excluding tert-OH is 1. The van der Waals surface area contributed by atoms with Crippen molar-refractivity contribution in [2.24, 2.45) is 0 Å². The maximum atomic E-state index is 11.6. The summed E-state index contributed by atoms with van der Waals surface area (Å²) in [6.07, 6.45) is 1.75. The van der Waals surface area contributed by atoms with Gasteiger partial charge in [0.1, 0.15) is 0 Å². The first-order valence-corrected chi connectivity index (χ1v) is 6.06. The number of hydrogen-bond donors (Lipinski definition) is 3. The molecule has 1 unspecified atom stereocenters. The summed E-state index contributed by atoms with van der Waals surface area (Å²) in [4.78, 5) is 11.6. The largest absolute Gasteiger partial charge is 0.394 e. The van der Waals surface area contributed by atoms with Crippen molar-refractivity contribution in [2.45, 2.75) is 45.9 Å². The molecule has 1 amide bonds. The zero-order valence-corrected chi connectivity index (χ0v) is 11.1. The quantitative estimate of drug-likeness (QED) is 0.597. The minimum Gasteiger partial charge on any atom is -0.394 e. The molecule has 7 nitrogen and oxygen atoms in total. The van der Waals surface area contributed by atoms with Crippen molar-refractivity contribution < 1.29 is 9.90 Å². The van der Waals surface area contributed by atoms with E-state index in [1.165, 1.54) is 0 Å². The number of aromatic nitrogens is 3. The molecule has 7 heteroatoms. The van der Waals surface area contributed by atoms with E-state index in [0.717, 1.165) is 5.69 Å². The molecule has 1 heterocycles. The van der Waals surface area contributed by atoms with E-state index >= 15 is 0 Å². The molecule has 1 atom stereocenters. The summed E-state index contributed by atoms with van der Waals surface area (Å²) >= 11 is 0. The van der Waals surface area contributed by atoms with Crippen molar-refractivity contribution in [1.29, 1.82) is 0 Å². The third-order valence-corrected chi connectivity index (χ3v) is 2.33. The summed E-state index contributed by atoms with van der Waals surface area (Å²) in [6.45, 7) is 6.57. The highest BCUT2D eigenvalue weighted by Crippen LogP contribution is 1.94. The van der Waals surface area contributed by atoms with Crippen LogP contribution in [0.1, 0.15) is 26.5 Å². The zero-order valence-electron chi connectivity index (χ0n) is 11.1. The molecular weight excluding hydrogens is 234 g/mol. The molecule has 0 spiro atoms. The average molecular weight is 255 g/mol. The number of amides is 1. The third kappa shape index (κ3) is 4.80. The molecule has 102 valence electrons. The Morgan fingerprint density at radius 1 is 1.50 bits per heavy atom. The van der Waals surface area contributed by atoms with Crippen LogP contribution in [0.25, 0.3) is 0 Å². The summed E-state index contributed by atoms with van der Waals surface area (Å²) in [5, 5.41) is 22.4. The number of hydrogen-bond acceptors (Lipinski definition) is 5. The van der Waals surface area contributed by atoms with Gasteiger partial charge in [-0.25, -0.2) is 4.68 Å². The Balaban J connectivity index is 2.37. The van der Waals surface area contributed by atoms with Crippen LogP contribution in [0.3, 0.4) is 0 Å². The first kappa shape index (κ1) is 14.6. The Hall–Kier alpha value is -1.47. The second kappa shape index (κ2) is 7.07. The predicted octanol–water partition coefficient (Wildman–Crippen LogP) is -0.727. The SMILES string of the molecule is CC(C)NC(=O)C(C)NCc1cn(CCO)nn1. The number of aliphatic hydroxyl groups is 1. The van der Waals surface area contributed by atoms with Crippen LogP contribution in [0.15, 0.2) is 6.20 Å². The van der Waals surface area contributed by atoms with Gasteiger partial charge in [0.2, 0.25) is 5.91 Å². The molecule has 0 fully saturated rings. The van der Waals surface area contributed by atoms with E-state index in [1.807, 2.05) is 13.8 Å². The number of carbonyl (C=O) groups excluding carboxylic acids is 1. The lowest BCUT2D eigenvalue weighted by molar-refractivity contribution is -0.123. The van der Waals surface area contributed by atoms with Gasteiger partial charge >= 0.3 is 0 Å². The monoisotopic (exact) mass is 255 g/mol. The Morgan fingerprint density at radius 2 is 2.22 bits per heavy atom. The van der Waals surface area contributed by atoms with Gasteiger partial charge in [0.25, 0.3) is 0 Å². The summed E-state index contributed by atoms with van der Waals surface area (Å²) < 4.78 is 1.57. The molecule has 18 heavy (non-hydrogen) atoms. The van der Waals surface area contributed by atoms with Crippen LogP contribution in [-0.4, -0.2) is 44.7 Å². The fraction of sp³-hybridized carbons (Fsp3) is 0.727. The van der Waals surface area contributed by atoms with E-state index in [4.69, 9.17) is 5.11 Å². The first-order valence-electron chi connectivity index (χ1n) is 6.06. The number of nitrogens with zero attached hydrogens (tertiary/aromatic N) is 3. The van der Waals surface area contributed by atoms with Crippen molar-refractivity contribution in [3.05, 3.63) is 11.9 Å². The normalized spacial score (nSPS) is 12.7. The molecule has 1 rings (SSSR count). The van der Waals surface area contributed by atoms with Gasteiger partial charge in [-0.15, -0.1) is 5.10 Å². The highest BCUT2D eigenvalue weighted by Gasteiger charge is 2.13. The molecule has 0 saturated heterocycles. The van der Waals surface area contributed by atoms with Crippen LogP contribution in [0, 0.1) is 0 Å². The van der Waals surface area contributed by atoms with Crippen LogP contribution in [0.2, 0.25) is 0 Å². The summed E-state index contributed by atoms with van der Waals surface area (Å²) in [5.74, 6) is -0.0345. The van der Waals surface area contributed by atoms with Crippen molar-refractivity contribution >= 4 is 5.91 Å². The minimum absolute atomic E-state index is 0.0312. The maximum Gasteiger partial charge on any atom is 0.237 e. The van der Waals surface area contributed by atoms with Crippen molar-refractivity contribution in [3.63, 3.8) is 0 Å². The molecule has 0 aliphatic carbocycles. The fourth-order valence-electron chi connectivity index (χ4n) is 1.39. The number of nitrogens with one attached hydrogen (secondary N) is 2. The molecule has 0 bridgehead atoms. The van der Waals surface area contributed by atoms with Crippen molar-refractivity contribution in [3.8, 4) is 0 Å². The number of rotatable bonds is 7. The molecule has 0 aromatic carbocycles. The van der Waals surface area contributed by atoms with Crippen LogP contribution in [0.5, 0.6) is 0 Å². The van der Waals surface area contributed by atoms with E-state index in [0.29, 0.717) is 13.1 Å². The topological polar surface area (TPSA) is 92.1 Å². The van der Waals surface area contributed by atoms with Gasteiger partial charge in [-0.2, -0.15) is 0 Å². The molecule has 1 aromatic rings. The fourth-order valence-corrected chi connectivity index (χ4v) is 1.39. The molecule has 3 N–H and O–H groups in total. The molecular formula is C11H21N5O2. The van der Waals surface area contributed by atoms with Gasteiger partial charge in [0.15, 0.2) is 0 Å².